The molecule has 0 atom stereocenters. The van der Waals surface area contributed by atoms with Crippen LogP contribution in [-0.2, 0) is 16.1 Å². The summed E-state index contributed by atoms with van der Waals surface area (Å²) in [7, 11) is 0. The number of unbranched alkanes of at least 4 members (excludes halogenated alkanes) is 3. The molecular weight excluding hydrogens is 540 g/mol. The molecule has 42 heavy (non-hydrogen) atoms. The van der Waals surface area contributed by atoms with Gasteiger partial charge in [0.15, 0.2) is 11.5 Å². The summed E-state index contributed by atoms with van der Waals surface area (Å²) in [4.78, 5) is 26.8. The molecule has 0 radical (unpaired) electrons. The lowest BCUT2D eigenvalue weighted by molar-refractivity contribution is -0.129. The number of rotatable bonds is 13. The van der Waals surface area contributed by atoms with Gasteiger partial charge in [-0.1, -0.05) is 56.1 Å². The maximum absolute atomic E-state index is 13.3. The number of aromatic hydroxyl groups is 2. The molecule has 0 unspecified atom stereocenters. The summed E-state index contributed by atoms with van der Waals surface area (Å²) in [5, 5.41) is 36.8. The van der Waals surface area contributed by atoms with Crippen LogP contribution >= 0.6 is 0 Å². The molecule has 5 N–H and O–H groups in total. The fraction of sp³-hybridized carbons (Fsp3) is 0.452. The molecule has 2 amide bonds. The van der Waals surface area contributed by atoms with Crippen LogP contribution in [0.4, 0.5) is 0 Å². The van der Waals surface area contributed by atoms with Crippen molar-refractivity contribution in [3.8, 4) is 33.9 Å². The van der Waals surface area contributed by atoms with Gasteiger partial charge in [-0.05, 0) is 41.5 Å². The Hall–Kier alpha value is -3.93. The number of aromatic nitrogens is 1. The third-order valence-electron chi connectivity index (χ3n) is 7.41. The fourth-order valence-electron chi connectivity index (χ4n) is 5.03. The smallest absolute Gasteiger partial charge is 0.274 e. The number of nitrogens with one attached hydrogen (secondary N) is 2. The Labute approximate surface area is 245 Å². The number of hydrogen-bond acceptors (Lipinski definition) is 9. The number of amides is 2. The Morgan fingerprint density at radius 1 is 1.00 bits per heavy atom. The van der Waals surface area contributed by atoms with Crippen LogP contribution in [0.3, 0.4) is 0 Å². The topological polar surface area (TPSA) is 157 Å². The zero-order valence-electron chi connectivity index (χ0n) is 24.2. The predicted molar refractivity (Wildman–Crippen MR) is 156 cm³/mol. The molecule has 1 saturated heterocycles. The summed E-state index contributed by atoms with van der Waals surface area (Å²) in [6.07, 6.45) is 3.20. The van der Waals surface area contributed by atoms with E-state index in [-0.39, 0.29) is 35.3 Å². The highest BCUT2D eigenvalue weighted by molar-refractivity contribution is 6.02. The van der Waals surface area contributed by atoms with Crippen molar-refractivity contribution in [3.05, 3.63) is 53.2 Å². The van der Waals surface area contributed by atoms with Gasteiger partial charge in [0.1, 0.15) is 11.5 Å². The molecule has 11 heteroatoms. The van der Waals surface area contributed by atoms with Gasteiger partial charge in [0.05, 0.1) is 24.3 Å². The predicted octanol–water partition coefficient (Wildman–Crippen LogP) is 4.56. The molecule has 226 valence electrons. The molecule has 1 aromatic heterocycles. The summed E-state index contributed by atoms with van der Waals surface area (Å²) in [5.41, 5.74) is 4.98. The van der Waals surface area contributed by atoms with E-state index in [1.165, 1.54) is 6.07 Å². The molecule has 1 aliphatic rings. The van der Waals surface area contributed by atoms with E-state index in [2.05, 4.69) is 15.4 Å². The zero-order chi connectivity index (χ0) is 30.1. The van der Waals surface area contributed by atoms with Crippen LogP contribution < -0.4 is 10.8 Å². The molecule has 0 bridgehead atoms. The lowest BCUT2D eigenvalue weighted by Gasteiger charge is -2.26. The minimum Gasteiger partial charge on any atom is -0.508 e. The number of ether oxygens (including phenoxy) is 1. The average Bonchev–Trinajstić information content (AvgIpc) is 3.42. The minimum absolute atomic E-state index is 0.0176. The van der Waals surface area contributed by atoms with Crippen LogP contribution in [0.5, 0.6) is 11.5 Å². The van der Waals surface area contributed by atoms with E-state index in [0.29, 0.717) is 41.6 Å². The Kier molecular flexibility index (Phi) is 10.9. The van der Waals surface area contributed by atoms with Crippen LogP contribution in [0.1, 0.15) is 73.5 Å². The second-order valence-electron chi connectivity index (χ2n) is 10.9. The number of hydroxylamine groups is 1. The lowest BCUT2D eigenvalue weighted by atomic mass is 9.94. The molecule has 1 fully saturated rings. The Balaban J connectivity index is 1.57. The van der Waals surface area contributed by atoms with Crippen molar-refractivity contribution in [1.29, 1.82) is 0 Å². The van der Waals surface area contributed by atoms with E-state index in [4.69, 9.17) is 14.5 Å². The van der Waals surface area contributed by atoms with Crippen molar-refractivity contribution in [1.82, 2.24) is 20.9 Å². The first-order valence-electron chi connectivity index (χ1n) is 14.4. The standard InChI is InChI=1S/C31H40N4O7/c1-20(2)23-17-24(26(37)18-25(23)36)30-28(22-10-8-21(9-11-22)19-35-13-15-41-16-14-35)29(34-42-30)31(39)32-12-6-4-3-5-7-27(38)33-40/h8-11,17-18,20,36-37,40H,3-7,12-16,19H2,1-2H3,(H,32,39)(H,33,38). The number of morpholine rings is 1. The van der Waals surface area contributed by atoms with Crippen LogP contribution in [0.15, 0.2) is 40.9 Å². The Bertz CT molecular complexity index is 1350. The molecule has 0 spiro atoms. The van der Waals surface area contributed by atoms with E-state index < -0.39 is 11.8 Å². The number of nitrogens with zero attached hydrogens (tertiary/aromatic N) is 2. The van der Waals surface area contributed by atoms with Crippen LogP contribution in [0, 0.1) is 0 Å². The van der Waals surface area contributed by atoms with E-state index in [9.17, 15) is 19.8 Å². The maximum Gasteiger partial charge on any atom is 0.274 e. The summed E-state index contributed by atoms with van der Waals surface area (Å²) in [5.74, 6) is -0.792. The quantitative estimate of drug-likeness (QED) is 0.111. The van der Waals surface area contributed by atoms with Gasteiger partial charge in [-0.3, -0.25) is 19.7 Å². The third kappa shape index (κ3) is 7.87. The molecular formula is C31H40N4O7. The van der Waals surface area contributed by atoms with Crippen LogP contribution in [0.25, 0.3) is 22.5 Å². The molecule has 2 aromatic carbocycles. The molecule has 1 aliphatic heterocycles. The Morgan fingerprint density at radius 2 is 1.71 bits per heavy atom. The molecule has 11 nitrogen and oxygen atoms in total. The first-order valence-corrected chi connectivity index (χ1v) is 14.4. The molecule has 4 rings (SSSR count). The number of carbonyl (C=O) groups excluding carboxylic acids is 2. The van der Waals surface area contributed by atoms with Crippen molar-refractivity contribution < 1.29 is 34.3 Å². The highest BCUT2D eigenvalue weighted by Crippen LogP contribution is 2.43. The summed E-state index contributed by atoms with van der Waals surface area (Å²) >= 11 is 0. The fourth-order valence-corrected chi connectivity index (χ4v) is 5.03. The third-order valence-corrected chi connectivity index (χ3v) is 7.41. The van der Waals surface area contributed by atoms with Crippen molar-refractivity contribution in [2.45, 2.75) is 58.4 Å². The molecule has 0 saturated carbocycles. The second kappa shape index (κ2) is 14.8. The van der Waals surface area contributed by atoms with Crippen LogP contribution in [-0.4, -0.2) is 70.1 Å². The lowest BCUT2D eigenvalue weighted by Crippen LogP contribution is -2.35. The van der Waals surface area contributed by atoms with Gasteiger partial charge in [-0.25, -0.2) is 5.48 Å². The van der Waals surface area contributed by atoms with Gasteiger partial charge in [0.25, 0.3) is 5.91 Å². The van der Waals surface area contributed by atoms with Crippen LogP contribution in [0.2, 0.25) is 0 Å². The van der Waals surface area contributed by atoms with Crippen molar-refractivity contribution in [2.75, 3.05) is 32.8 Å². The van der Waals surface area contributed by atoms with Gasteiger partial charge < -0.3 is 24.8 Å². The van der Waals surface area contributed by atoms with Gasteiger partial charge in [0, 0.05) is 38.7 Å². The number of phenolic OH excluding ortho intramolecular Hbond substituents is 2. The van der Waals surface area contributed by atoms with Gasteiger partial charge in [-0.15, -0.1) is 0 Å². The average molecular weight is 581 g/mol. The second-order valence-corrected chi connectivity index (χ2v) is 10.9. The number of hydrogen-bond donors (Lipinski definition) is 5. The van der Waals surface area contributed by atoms with E-state index in [1.807, 2.05) is 38.1 Å². The normalized spacial score (nSPS) is 13.8. The largest absolute Gasteiger partial charge is 0.508 e. The Morgan fingerprint density at radius 3 is 2.40 bits per heavy atom. The SMILES string of the molecule is CC(C)c1cc(-c2onc(C(=O)NCCCCCCC(=O)NO)c2-c2ccc(CN3CCOCC3)cc2)c(O)cc1O. The molecule has 2 heterocycles. The van der Waals surface area contributed by atoms with Crippen molar-refractivity contribution in [3.63, 3.8) is 0 Å². The maximum atomic E-state index is 13.3. The first kappa shape index (κ1) is 31.0. The zero-order valence-corrected chi connectivity index (χ0v) is 24.2. The number of benzene rings is 2. The van der Waals surface area contributed by atoms with Gasteiger partial charge >= 0.3 is 0 Å². The summed E-state index contributed by atoms with van der Waals surface area (Å²) < 4.78 is 11.2. The van der Waals surface area contributed by atoms with Crippen molar-refractivity contribution >= 4 is 11.8 Å². The van der Waals surface area contributed by atoms with E-state index in [1.54, 1.807) is 11.5 Å². The molecule has 0 aliphatic carbocycles. The van der Waals surface area contributed by atoms with Crippen molar-refractivity contribution in [2.24, 2.45) is 0 Å². The summed E-state index contributed by atoms with van der Waals surface area (Å²) in [6.45, 7) is 8.25. The van der Waals surface area contributed by atoms with E-state index >= 15 is 0 Å². The highest BCUT2D eigenvalue weighted by Gasteiger charge is 2.27. The number of phenols is 2. The monoisotopic (exact) mass is 580 g/mol. The minimum atomic E-state index is -0.410. The van der Waals surface area contributed by atoms with E-state index in [0.717, 1.165) is 51.3 Å². The summed E-state index contributed by atoms with van der Waals surface area (Å²) in [6, 6.07) is 10.8. The first-order chi connectivity index (χ1) is 20.3. The van der Waals surface area contributed by atoms with Gasteiger partial charge in [0.2, 0.25) is 5.91 Å². The van der Waals surface area contributed by atoms with Gasteiger partial charge in [-0.2, -0.15) is 0 Å². The highest BCUT2D eigenvalue weighted by atomic mass is 16.5. The molecule has 3 aromatic rings. The number of carbonyl (C=O) groups is 2.